The Kier molecular flexibility index (Phi) is 4.88. The second-order valence-electron chi connectivity index (χ2n) is 9.01. The normalized spacial score (nSPS) is 17.6. The van der Waals surface area contributed by atoms with Gasteiger partial charge in [0.25, 0.3) is 5.91 Å². The molecule has 6 nitrogen and oxygen atoms in total. The van der Waals surface area contributed by atoms with Gasteiger partial charge in [-0.05, 0) is 57.7 Å². The Morgan fingerprint density at radius 3 is 2.60 bits per heavy atom. The molecule has 0 saturated heterocycles. The van der Waals surface area contributed by atoms with Crippen LogP contribution in [0.15, 0.2) is 22.6 Å². The molecule has 0 unspecified atom stereocenters. The molecule has 0 atom stereocenters. The average molecular weight is 407 g/mol. The van der Waals surface area contributed by atoms with Crippen molar-refractivity contribution in [2.45, 2.75) is 77.3 Å². The van der Waals surface area contributed by atoms with Crippen LogP contribution in [0.5, 0.6) is 0 Å². The van der Waals surface area contributed by atoms with Crippen LogP contribution in [0.1, 0.15) is 84.1 Å². The zero-order chi connectivity index (χ0) is 20.8. The van der Waals surface area contributed by atoms with E-state index in [0.717, 1.165) is 59.6 Å². The summed E-state index contributed by atoms with van der Waals surface area (Å²) in [5.41, 5.74) is 5.53. The molecule has 2 heterocycles. The highest BCUT2D eigenvalue weighted by Crippen LogP contribution is 2.35. The van der Waals surface area contributed by atoms with Gasteiger partial charge < -0.3 is 9.32 Å². The summed E-state index contributed by atoms with van der Waals surface area (Å²) in [6.45, 7) is 4.69. The van der Waals surface area contributed by atoms with Crippen LogP contribution in [0.3, 0.4) is 0 Å². The lowest BCUT2D eigenvalue weighted by Gasteiger charge is -2.23. The first-order chi connectivity index (χ1) is 14.5. The highest BCUT2D eigenvalue weighted by atomic mass is 16.3. The molecule has 158 valence electrons. The van der Waals surface area contributed by atoms with Gasteiger partial charge in [-0.1, -0.05) is 19.3 Å². The van der Waals surface area contributed by atoms with Gasteiger partial charge in [0, 0.05) is 42.4 Å². The molecule has 1 amide bonds. The molecule has 0 bridgehead atoms. The lowest BCUT2D eigenvalue weighted by atomic mass is 9.89. The van der Waals surface area contributed by atoms with E-state index in [4.69, 9.17) is 9.40 Å². The van der Waals surface area contributed by atoms with E-state index >= 15 is 0 Å². The fourth-order valence-corrected chi connectivity index (χ4v) is 4.74. The van der Waals surface area contributed by atoms with E-state index in [1.165, 1.54) is 19.3 Å². The van der Waals surface area contributed by atoms with Gasteiger partial charge in [0.15, 0.2) is 11.5 Å². The molecule has 0 aliphatic heterocycles. The van der Waals surface area contributed by atoms with E-state index in [0.29, 0.717) is 24.1 Å². The Hall–Kier alpha value is -2.63. The van der Waals surface area contributed by atoms with E-state index in [1.807, 2.05) is 41.8 Å². The molecule has 2 saturated carbocycles. The third kappa shape index (κ3) is 3.53. The number of hydrogen-bond donors (Lipinski definition) is 0. The lowest BCUT2D eigenvalue weighted by molar-refractivity contribution is 0.0729. The van der Waals surface area contributed by atoms with Crippen molar-refractivity contribution in [2.75, 3.05) is 0 Å². The summed E-state index contributed by atoms with van der Waals surface area (Å²) in [5, 5.41) is 4.52. The van der Waals surface area contributed by atoms with Crippen molar-refractivity contribution in [1.29, 1.82) is 0 Å². The summed E-state index contributed by atoms with van der Waals surface area (Å²) in [6.07, 6.45) is 8.24. The first-order valence-corrected chi connectivity index (χ1v) is 11.2. The van der Waals surface area contributed by atoms with Gasteiger partial charge in [-0.15, -0.1) is 0 Å². The quantitative estimate of drug-likeness (QED) is 0.596. The SMILES string of the molecule is Cc1nn(C)c(C)c1CN(C(=O)c1ccc2nc(C3CCCCC3)oc2c1)C1CC1. The molecule has 0 N–H and O–H groups in total. The van der Waals surface area contributed by atoms with Crippen molar-refractivity contribution in [3.8, 4) is 0 Å². The van der Waals surface area contributed by atoms with Crippen LogP contribution in [0.4, 0.5) is 0 Å². The predicted octanol–water partition coefficient (Wildman–Crippen LogP) is 5.03. The van der Waals surface area contributed by atoms with E-state index < -0.39 is 0 Å². The number of amides is 1. The Labute approximate surface area is 177 Å². The molecule has 2 aliphatic carbocycles. The second kappa shape index (κ2) is 7.56. The maximum Gasteiger partial charge on any atom is 0.254 e. The molecule has 30 heavy (non-hydrogen) atoms. The van der Waals surface area contributed by atoms with Crippen molar-refractivity contribution >= 4 is 17.0 Å². The second-order valence-corrected chi connectivity index (χ2v) is 9.01. The number of carbonyl (C=O) groups excluding carboxylic acids is 1. The minimum Gasteiger partial charge on any atom is -0.440 e. The first kappa shape index (κ1) is 19.3. The van der Waals surface area contributed by atoms with Gasteiger partial charge in [-0.25, -0.2) is 4.98 Å². The van der Waals surface area contributed by atoms with Crippen LogP contribution in [0.2, 0.25) is 0 Å². The van der Waals surface area contributed by atoms with Crippen LogP contribution in [-0.4, -0.2) is 31.6 Å². The van der Waals surface area contributed by atoms with E-state index in [1.54, 1.807) is 0 Å². The third-order valence-electron chi connectivity index (χ3n) is 6.84. The number of benzene rings is 1. The van der Waals surface area contributed by atoms with Crippen LogP contribution in [-0.2, 0) is 13.6 Å². The first-order valence-electron chi connectivity index (χ1n) is 11.2. The Morgan fingerprint density at radius 1 is 1.17 bits per heavy atom. The van der Waals surface area contributed by atoms with Crippen LogP contribution < -0.4 is 0 Å². The minimum absolute atomic E-state index is 0.0673. The van der Waals surface area contributed by atoms with Gasteiger partial charge in [0.05, 0.1) is 5.69 Å². The zero-order valence-electron chi connectivity index (χ0n) is 18.1. The largest absolute Gasteiger partial charge is 0.440 e. The van der Waals surface area contributed by atoms with Crippen LogP contribution >= 0.6 is 0 Å². The number of aromatic nitrogens is 3. The van der Waals surface area contributed by atoms with Gasteiger partial charge >= 0.3 is 0 Å². The highest BCUT2D eigenvalue weighted by molar-refractivity contribution is 5.97. The Bertz CT molecular complexity index is 1090. The van der Waals surface area contributed by atoms with Gasteiger partial charge in [0.2, 0.25) is 0 Å². The summed E-state index contributed by atoms with van der Waals surface area (Å²) in [4.78, 5) is 20.2. The lowest BCUT2D eigenvalue weighted by Crippen LogP contribution is -2.33. The summed E-state index contributed by atoms with van der Waals surface area (Å²) in [5.74, 6) is 1.33. The van der Waals surface area contributed by atoms with Gasteiger partial charge in [-0.3, -0.25) is 9.48 Å². The molecule has 0 spiro atoms. The molecule has 1 aromatic carbocycles. The molecule has 6 heteroatoms. The third-order valence-corrected chi connectivity index (χ3v) is 6.84. The Morgan fingerprint density at radius 2 is 1.93 bits per heavy atom. The Balaban J connectivity index is 1.42. The smallest absolute Gasteiger partial charge is 0.254 e. The molecular weight excluding hydrogens is 376 g/mol. The van der Waals surface area contributed by atoms with Gasteiger partial charge in [0.1, 0.15) is 5.52 Å². The summed E-state index contributed by atoms with van der Waals surface area (Å²) in [6, 6.07) is 6.04. The molecular formula is C24H30N4O2. The molecule has 0 radical (unpaired) electrons. The molecule has 3 aromatic rings. The van der Waals surface area contributed by atoms with Crippen molar-refractivity contribution in [2.24, 2.45) is 7.05 Å². The summed E-state index contributed by atoms with van der Waals surface area (Å²) < 4.78 is 8.02. The monoisotopic (exact) mass is 406 g/mol. The topological polar surface area (TPSA) is 64.2 Å². The number of oxazole rings is 1. The number of rotatable bonds is 5. The van der Waals surface area contributed by atoms with Crippen molar-refractivity contribution in [1.82, 2.24) is 19.7 Å². The van der Waals surface area contributed by atoms with Crippen LogP contribution in [0, 0.1) is 13.8 Å². The maximum absolute atomic E-state index is 13.4. The fourth-order valence-electron chi connectivity index (χ4n) is 4.74. The van der Waals surface area contributed by atoms with E-state index in [9.17, 15) is 4.79 Å². The maximum atomic E-state index is 13.4. The number of fused-ring (bicyclic) bond motifs is 1. The number of carbonyl (C=O) groups is 1. The van der Waals surface area contributed by atoms with Gasteiger partial charge in [-0.2, -0.15) is 5.10 Å². The zero-order valence-corrected chi connectivity index (χ0v) is 18.1. The van der Waals surface area contributed by atoms with Crippen molar-refractivity contribution < 1.29 is 9.21 Å². The predicted molar refractivity (Wildman–Crippen MR) is 115 cm³/mol. The fraction of sp³-hybridized carbons (Fsp3) is 0.542. The summed E-state index contributed by atoms with van der Waals surface area (Å²) in [7, 11) is 1.96. The summed E-state index contributed by atoms with van der Waals surface area (Å²) >= 11 is 0. The number of nitrogens with zero attached hydrogens (tertiary/aromatic N) is 4. The standard InChI is InChI=1S/C24H30N4O2/c1-15-20(16(2)27(3)26-15)14-28(19-10-11-19)24(29)18-9-12-21-22(13-18)30-23(25-21)17-7-5-4-6-8-17/h9,12-13,17,19H,4-8,10-11,14H2,1-3H3. The molecule has 5 rings (SSSR count). The highest BCUT2D eigenvalue weighted by Gasteiger charge is 2.34. The average Bonchev–Trinajstić information content (AvgIpc) is 3.45. The van der Waals surface area contributed by atoms with E-state index in [-0.39, 0.29) is 5.91 Å². The molecule has 2 aromatic heterocycles. The molecule has 2 fully saturated rings. The minimum atomic E-state index is 0.0673. The van der Waals surface area contributed by atoms with E-state index in [2.05, 4.69) is 12.0 Å². The van der Waals surface area contributed by atoms with Crippen LogP contribution in [0.25, 0.3) is 11.1 Å². The van der Waals surface area contributed by atoms with Crippen molar-refractivity contribution in [3.63, 3.8) is 0 Å². The number of aryl methyl sites for hydroxylation is 2. The number of hydrogen-bond acceptors (Lipinski definition) is 4. The van der Waals surface area contributed by atoms with Crippen molar-refractivity contribution in [3.05, 3.63) is 46.6 Å². The molecule has 2 aliphatic rings.